The van der Waals surface area contributed by atoms with Gasteiger partial charge in [0, 0.05) is 12.7 Å². The second-order valence-corrected chi connectivity index (χ2v) is 5.56. The Balaban J connectivity index is 2.64. The van der Waals surface area contributed by atoms with Crippen molar-refractivity contribution in [2.24, 2.45) is 0 Å². The number of rotatable bonds is 5. The van der Waals surface area contributed by atoms with E-state index in [4.69, 9.17) is 5.11 Å². The first-order valence-corrected chi connectivity index (χ1v) is 6.86. The molecular weight excluding hydrogens is 260 g/mol. The van der Waals surface area contributed by atoms with Gasteiger partial charge in [0.15, 0.2) is 14.9 Å². The fourth-order valence-electron chi connectivity index (χ4n) is 1.12. The van der Waals surface area contributed by atoms with Crippen molar-refractivity contribution in [2.45, 2.75) is 17.9 Å². The molecule has 1 amide bonds. The Hall–Kier alpha value is -1.96. The van der Waals surface area contributed by atoms with Crippen molar-refractivity contribution in [3.8, 4) is 0 Å². The second-order valence-electron chi connectivity index (χ2n) is 3.60. The van der Waals surface area contributed by atoms with Crippen molar-refractivity contribution in [1.29, 1.82) is 0 Å². The van der Waals surface area contributed by atoms with E-state index in [1.54, 1.807) is 0 Å². The Bertz CT molecular complexity index is 550. The van der Waals surface area contributed by atoms with Gasteiger partial charge in [-0.15, -0.1) is 0 Å². The summed E-state index contributed by atoms with van der Waals surface area (Å²) < 4.78 is 22.3. The number of aliphatic carboxylic acids is 1. The summed E-state index contributed by atoms with van der Waals surface area (Å²) in [4.78, 5) is 25.2. The Morgan fingerprint density at radius 3 is 2.44 bits per heavy atom. The summed E-state index contributed by atoms with van der Waals surface area (Å²) in [5.74, 6) is -1.53. The van der Waals surface area contributed by atoms with Gasteiger partial charge in [0.1, 0.15) is 0 Å². The molecule has 98 valence electrons. The summed E-state index contributed by atoms with van der Waals surface area (Å²) in [5, 5.41) is 10.7. The molecule has 0 atom stereocenters. The number of pyridine rings is 1. The van der Waals surface area contributed by atoms with Crippen LogP contribution in [0.5, 0.6) is 0 Å². The lowest BCUT2D eigenvalue weighted by molar-refractivity contribution is -0.138. The predicted molar refractivity (Wildman–Crippen MR) is 62.8 cm³/mol. The van der Waals surface area contributed by atoms with E-state index in [1.165, 1.54) is 18.3 Å². The van der Waals surface area contributed by atoms with Crippen molar-refractivity contribution in [1.82, 2.24) is 4.98 Å². The van der Waals surface area contributed by atoms with Crippen molar-refractivity contribution >= 4 is 27.4 Å². The minimum absolute atomic E-state index is 0.0916. The number of carbonyl (C=O) groups excluding carboxylic acids is 1. The minimum atomic E-state index is -3.37. The molecule has 0 aromatic carbocycles. The molecule has 2 N–H and O–H groups in total. The Kier molecular flexibility index (Phi) is 4.38. The largest absolute Gasteiger partial charge is 0.481 e. The first-order valence-electron chi connectivity index (χ1n) is 4.97. The van der Waals surface area contributed by atoms with Gasteiger partial charge in [-0.1, -0.05) is 0 Å². The van der Waals surface area contributed by atoms with E-state index in [0.29, 0.717) is 5.69 Å². The number of amides is 1. The quantitative estimate of drug-likeness (QED) is 0.796. The third kappa shape index (κ3) is 4.50. The molecule has 18 heavy (non-hydrogen) atoms. The summed E-state index contributed by atoms with van der Waals surface area (Å²) in [5.41, 5.74) is 0.317. The van der Waals surface area contributed by atoms with Crippen LogP contribution in [0.2, 0.25) is 0 Å². The van der Waals surface area contributed by atoms with Crippen LogP contribution < -0.4 is 5.32 Å². The molecule has 0 unspecified atom stereocenters. The lowest BCUT2D eigenvalue weighted by Gasteiger charge is -2.04. The van der Waals surface area contributed by atoms with Crippen molar-refractivity contribution < 1.29 is 23.1 Å². The molecule has 8 heteroatoms. The summed E-state index contributed by atoms with van der Waals surface area (Å²) in [7, 11) is -3.37. The maximum Gasteiger partial charge on any atom is 0.303 e. The van der Waals surface area contributed by atoms with Gasteiger partial charge in [0.05, 0.1) is 18.3 Å². The number of carboxylic acid groups (broad SMARTS) is 1. The minimum Gasteiger partial charge on any atom is -0.481 e. The average Bonchev–Trinajstić information content (AvgIpc) is 2.26. The number of nitrogens with zero attached hydrogens (tertiary/aromatic N) is 1. The number of sulfone groups is 1. The maximum absolute atomic E-state index is 11.3. The number of hydrogen-bond acceptors (Lipinski definition) is 5. The lowest BCUT2D eigenvalue weighted by Crippen LogP contribution is -2.13. The molecule has 0 saturated heterocycles. The Morgan fingerprint density at radius 2 is 2.00 bits per heavy atom. The third-order valence-electron chi connectivity index (χ3n) is 1.97. The first-order chi connectivity index (χ1) is 8.29. The van der Waals surface area contributed by atoms with Crippen molar-refractivity contribution in [3.63, 3.8) is 0 Å². The molecular formula is C10H12N2O5S. The molecule has 7 nitrogen and oxygen atoms in total. The highest BCUT2D eigenvalue weighted by Crippen LogP contribution is 2.10. The molecule has 0 aliphatic heterocycles. The zero-order valence-electron chi connectivity index (χ0n) is 9.58. The van der Waals surface area contributed by atoms with Gasteiger partial charge < -0.3 is 10.4 Å². The Morgan fingerprint density at radius 1 is 1.33 bits per heavy atom. The van der Waals surface area contributed by atoms with E-state index >= 15 is 0 Å². The van der Waals surface area contributed by atoms with Gasteiger partial charge >= 0.3 is 5.97 Å². The first kappa shape index (κ1) is 14.1. The molecule has 1 heterocycles. The smallest absolute Gasteiger partial charge is 0.303 e. The van der Waals surface area contributed by atoms with E-state index in [9.17, 15) is 18.0 Å². The van der Waals surface area contributed by atoms with Crippen LogP contribution in [-0.4, -0.2) is 36.6 Å². The van der Waals surface area contributed by atoms with Crippen LogP contribution >= 0.6 is 0 Å². The van der Waals surface area contributed by atoms with Gasteiger partial charge in [-0.25, -0.2) is 13.4 Å². The Labute approximate surface area is 104 Å². The zero-order chi connectivity index (χ0) is 13.8. The number of hydrogen-bond donors (Lipinski definition) is 2. The average molecular weight is 272 g/mol. The fourth-order valence-corrected chi connectivity index (χ4v) is 1.68. The van der Waals surface area contributed by atoms with E-state index in [1.807, 2.05) is 0 Å². The molecule has 1 rings (SSSR count). The number of anilines is 1. The number of carbonyl (C=O) groups is 2. The summed E-state index contributed by atoms with van der Waals surface area (Å²) in [6.45, 7) is 0. The van der Waals surface area contributed by atoms with Crippen molar-refractivity contribution in [3.05, 3.63) is 18.3 Å². The molecule has 1 aromatic rings. The lowest BCUT2D eigenvalue weighted by atomic mass is 10.3. The van der Waals surface area contributed by atoms with Crippen LogP contribution in [0, 0.1) is 0 Å². The van der Waals surface area contributed by atoms with Gasteiger partial charge in [-0.05, 0) is 12.1 Å². The number of carboxylic acids is 1. The molecule has 0 fully saturated rings. The van der Waals surface area contributed by atoms with E-state index < -0.39 is 21.7 Å². The molecule has 0 saturated carbocycles. The van der Waals surface area contributed by atoms with Crippen LogP contribution in [0.4, 0.5) is 5.69 Å². The topological polar surface area (TPSA) is 113 Å². The molecule has 0 aliphatic carbocycles. The van der Waals surface area contributed by atoms with Crippen LogP contribution in [0.3, 0.4) is 0 Å². The number of nitrogens with one attached hydrogen (secondary N) is 1. The van der Waals surface area contributed by atoms with Gasteiger partial charge in [-0.3, -0.25) is 9.59 Å². The van der Waals surface area contributed by atoms with Crippen molar-refractivity contribution in [2.75, 3.05) is 11.6 Å². The standard InChI is InChI=1S/C10H12N2O5S/c1-18(16,17)9-4-2-7(6-11-9)12-8(13)3-5-10(14)15/h2,4,6H,3,5H2,1H3,(H,12,13)(H,14,15). The van der Waals surface area contributed by atoms with E-state index in [2.05, 4.69) is 10.3 Å². The monoisotopic (exact) mass is 272 g/mol. The SMILES string of the molecule is CS(=O)(=O)c1ccc(NC(=O)CCC(=O)O)cn1. The van der Waals surface area contributed by atoms with Gasteiger partial charge in [-0.2, -0.15) is 0 Å². The number of aromatic nitrogens is 1. The zero-order valence-corrected chi connectivity index (χ0v) is 10.4. The summed E-state index contributed by atoms with van der Waals surface area (Å²) in [6, 6.07) is 2.66. The second kappa shape index (κ2) is 5.58. The summed E-state index contributed by atoms with van der Waals surface area (Å²) in [6.07, 6.45) is 1.82. The molecule has 1 aromatic heterocycles. The highest BCUT2D eigenvalue weighted by Gasteiger charge is 2.09. The van der Waals surface area contributed by atoms with E-state index in [0.717, 1.165) is 6.26 Å². The third-order valence-corrected chi connectivity index (χ3v) is 2.97. The van der Waals surface area contributed by atoms with Crippen LogP contribution in [0.15, 0.2) is 23.4 Å². The molecule has 0 bridgehead atoms. The van der Waals surface area contributed by atoms with Crippen LogP contribution in [0.1, 0.15) is 12.8 Å². The predicted octanol–water partition coefficient (Wildman–Crippen LogP) is 0.288. The summed E-state index contributed by atoms with van der Waals surface area (Å²) >= 11 is 0. The highest BCUT2D eigenvalue weighted by molar-refractivity contribution is 7.90. The van der Waals surface area contributed by atoms with Gasteiger partial charge in [0.2, 0.25) is 5.91 Å². The van der Waals surface area contributed by atoms with Crippen LogP contribution in [-0.2, 0) is 19.4 Å². The van der Waals surface area contributed by atoms with Crippen LogP contribution in [0.25, 0.3) is 0 Å². The maximum atomic E-state index is 11.3. The molecule has 0 spiro atoms. The van der Waals surface area contributed by atoms with E-state index in [-0.39, 0.29) is 17.9 Å². The molecule has 0 radical (unpaired) electrons. The molecule has 0 aliphatic rings. The fraction of sp³-hybridized carbons (Fsp3) is 0.300. The normalized spacial score (nSPS) is 10.9. The van der Waals surface area contributed by atoms with Gasteiger partial charge in [0.25, 0.3) is 0 Å². The highest BCUT2D eigenvalue weighted by atomic mass is 32.2.